The van der Waals surface area contributed by atoms with Gasteiger partial charge in [-0.15, -0.1) is 0 Å². The third-order valence-electron chi connectivity index (χ3n) is 3.81. The molecule has 3 nitrogen and oxygen atoms in total. The van der Waals surface area contributed by atoms with Gasteiger partial charge in [0.1, 0.15) is 5.82 Å². The maximum atomic E-state index is 12.8. The van der Waals surface area contributed by atoms with Gasteiger partial charge in [0.15, 0.2) is 0 Å². The van der Waals surface area contributed by atoms with Crippen LogP contribution in [0.5, 0.6) is 0 Å². The molecule has 0 aromatic heterocycles. The predicted octanol–water partition coefficient (Wildman–Crippen LogP) is 2.52. The smallest absolute Gasteiger partial charge is 0.223 e. The first kappa shape index (κ1) is 14.0. The third kappa shape index (κ3) is 3.77. The fourth-order valence-corrected chi connectivity index (χ4v) is 2.63. The maximum absolute atomic E-state index is 12.8. The van der Waals surface area contributed by atoms with Crippen LogP contribution in [0, 0.1) is 11.7 Å². The Hall–Kier alpha value is -1.42. The number of halogens is 1. The van der Waals surface area contributed by atoms with Crippen LogP contribution in [0.2, 0.25) is 0 Å². The molecular weight excluding hydrogens is 243 g/mol. The van der Waals surface area contributed by atoms with E-state index in [1.54, 1.807) is 12.1 Å². The summed E-state index contributed by atoms with van der Waals surface area (Å²) >= 11 is 0. The van der Waals surface area contributed by atoms with Crippen molar-refractivity contribution in [3.63, 3.8) is 0 Å². The van der Waals surface area contributed by atoms with Crippen molar-refractivity contribution < 1.29 is 9.18 Å². The molecule has 0 aliphatic heterocycles. The average Bonchev–Trinajstić information content (AvgIpc) is 2.39. The molecule has 2 rings (SSSR count). The number of benzene rings is 1. The van der Waals surface area contributed by atoms with Crippen molar-refractivity contribution in [3.8, 4) is 0 Å². The van der Waals surface area contributed by atoms with Crippen LogP contribution in [0.4, 0.5) is 4.39 Å². The summed E-state index contributed by atoms with van der Waals surface area (Å²) in [6.07, 6.45) is 3.71. The van der Waals surface area contributed by atoms with Gasteiger partial charge in [0.2, 0.25) is 5.91 Å². The number of nitrogens with two attached hydrogens (primary N) is 1. The van der Waals surface area contributed by atoms with Crippen LogP contribution in [0.25, 0.3) is 0 Å². The maximum Gasteiger partial charge on any atom is 0.223 e. The van der Waals surface area contributed by atoms with Crippen LogP contribution in [-0.2, 0) is 4.79 Å². The number of nitrogens with one attached hydrogen (secondary N) is 1. The zero-order valence-corrected chi connectivity index (χ0v) is 11.2. The second kappa shape index (κ2) is 6.15. The second-order valence-electron chi connectivity index (χ2n) is 5.41. The van der Waals surface area contributed by atoms with Crippen LogP contribution >= 0.6 is 0 Å². The Labute approximate surface area is 113 Å². The van der Waals surface area contributed by atoms with E-state index in [2.05, 4.69) is 5.32 Å². The van der Waals surface area contributed by atoms with Crippen molar-refractivity contribution in [2.24, 2.45) is 11.7 Å². The van der Waals surface area contributed by atoms with Gasteiger partial charge in [-0.05, 0) is 43.9 Å². The van der Waals surface area contributed by atoms with E-state index in [-0.39, 0.29) is 29.7 Å². The van der Waals surface area contributed by atoms with Crippen molar-refractivity contribution in [3.05, 3.63) is 35.6 Å². The molecule has 0 saturated heterocycles. The molecule has 1 aromatic rings. The number of carbonyl (C=O) groups excluding carboxylic acids is 1. The van der Waals surface area contributed by atoms with E-state index in [1.165, 1.54) is 12.1 Å². The van der Waals surface area contributed by atoms with E-state index < -0.39 is 0 Å². The highest BCUT2D eigenvalue weighted by molar-refractivity contribution is 5.79. The molecular formula is C15H21FN2O. The summed E-state index contributed by atoms with van der Waals surface area (Å²) in [5.41, 5.74) is 6.81. The number of hydrogen-bond acceptors (Lipinski definition) is 2. The van der Waals surface area contributed by atoms with Crippen LogP contribution in [0.15, 0.2) is 24.3 Å². The van der Waals surface area contributed by atoms with Crippen molar-refractivity contribution in [2.45, 2.75) is 44.7 Å². The number of hydrogen-bond donors (Lipinski definition) is 2. The first-order chi connectivity index (χ1) is 9.06. The van der Waals surface area contributed by atoms with Crippen LogP contribution in [0.1, 0.15) is 44.2 Å². The third-order valence-corrected chi connectivity index (χ3v) is 3.81. The zero-order valence-electron chi connectivity index (χ0n) is 11.2. The number of rotatable bonds is 3. The highest BCUT2D eigenvalue weighted by Crippen LogP contribution is 2.24. The number of amides is 1. The summed E-state index contributed by atoms with van der Waals surface area (Å²) in [4.78, 5) is 12.2. The highest BCUT2D eigenvalue weighted by Gasteiger charge is 2.26. The largest absolute Gasteiger partial charge is 0.349 e. The molecule has 0 spiro atoms. The van der Waals surface area contributed by atoms with Crippen molar-refractivity contribution in [1.82, 2.24) is 5.32 Å². The molecule has 1 aliphatic rings. The standard InChI is InChI=1S/C15H21FN2O/c1-10(11-5-7-13(16)8-6-11)18-15(19)12-3-2-4-14(17)9-12/h5-8,10,12,14H,2-4,9,17H2,1H3,(H,18,19)/t10-,12?,14?/m1/s1. The summed E-state index contributed by atoms with van der Waals surface area (Å²) in [6.45, 7) is 1.91. The first-order valence-corrected chi connectivity index (χ1v) is 6.87. The molecule has 104 valence electrons. The van der Waals surface area contributed by atoms with E-state index >= 15 is 0 Å². The fourth-order valence-electron chi connectivity index (χ4n) is 2.63. The minimum atomic E-state index is -0.263. The molecule has 3 atom stereocenters. The lowest BCUT2D eigenvalue weighted by Gasteiger charge is -2.27. The summed E-state index contributed by atoms with van der Waals surface area (Å²) in [7, 11) is 0. The molecule has 3 N–H and O–H groups in total. The van der Waals surface area contributed by atoms with Gasteiger partial charge in [-0.3, -0.25) is 4.79 Å². The van der Waals surface area contributed by atoms with Gasteiger partial charge in [0, 0.05) is 12.0 Å². The van der Waals surface area contributed by atoms with Gasteiger partial charge in [-0.1, -0.05) is 18.6 Å². The van der Waals surface area contributed by atoms with Gasteiger partial charge >= 0.3 is 0 Å². The first-order valence-electron chi connectivity index (χ1n) is 6.87. The van der Waals surface area contributed by atoms with Crippen LogP contribution in [-0.4, -0.2) is 11.9 Å². The Morgan fingerprint density at radius 1 is 1.37 bits per heavy atom. The van der Waals surface area contributed by atoms with Gasteiger partial charge in [-0.2, -0.15) is 0 Å². The predicted molar refractivity (Wildman–Crippen MR) is 72.9 cm³/mol. The van der Waals surface area contributed by atoms with Crippen molar-refractivity contribution in [2.75, 3.05) is 0 Å². The van der Waals surface area contributed by atoms with Gasteiger partial charge in [0.05, 0.1) is 6.04 Å². The van der Waals surface area contributed by atoms with E-state index in [9.17, 15) is 9.18 Å². The van der Waals surface area contributed by atoms with Gasteiger partial charge in [0.25, 0.3) is 0 Å². The molecule has 1 saturated carbocycles. The Morgan fingerprint density at radius 2 is 2.05 bits per heavy atom. The molecule has 1 amide bonds. The minimum absolute atomic E-state index is 0.0200. The molecule has 1 aliphatic carbocycles. The van der Waals surface area contributed by atoms with Gasteiger partial charge in [-0.25, -0.2) is 4.39 Å². The summed E-state index contributed by atoms with van der Waals surface area (Å²) < 4.78 is 12.8. The lowest BCUT2D eigenvalue weighted by atomic mass is 9.85. The average molecular weight is 264 g/mol. The van der Waals surface area contributed by atoms with Crippen LogP contribution < -0.4 is 11.1 Å². The quantitative estimate of drug-likeness (QED) is 0.881. The second-order valence-corrected chi connectivity index (χ2v) is 5.41. The minimum Gasteiger partial charge on any atom is -0.349 e. The Balaban J connectivity index is 1.92. The van der Waals surface area contributed by atoms with Crippen LogP contribution in [0.3, 0.4) is 0 Å². The molecule has 0 radical (unpaired) electrons. The molecule has 0 heterocycles. The highest BCUT2D eigenvalue weighted by atomic mass is 19.1. The Morgan fingerprint density at radius 3 is 2.68 bits per heavy atom. The Kier molecular flexibility index (Phi) is 4.53. The fraction of sp³-hybridized carbons (Fsp3) is 0.533. The molecule has 1 fully saturated rings. The van der Waals surface area contributed by atoms with E-state index in [0.717, 1.165) is 31.2 Å². The molecule has 19 heavy (non-hydrogen) atoms. The number of carbonyl (C=O) groups is 1. The van der Waals surface area contributed by atoms with E-state index in [0.29, 0.717) is 0 Å². The van der Waals surface area contributed by atoms with Crippen molar-refractivity contribution >= 4 is 5.91 Å². The topological polar surface area (TPSA) is 55.1 Å². The summed E-state index contributed by atoms with van der Waals surface area (Å²) in [5.74, 6) is -0.181. The Bertz CT molecular complexity index is 432. The van der Waals surface area contributed by atoms with E-state index in [1.807, 2.05) is 6.92 Å². The van der Waals surface area contributed by atoms with E-state index in [4.69, 9.17) is 5.73 Å². The van der Waals surface area contributed by atoms with Crippen molar-refractivity contribution in [1.29, 1.82) is 0 Å². The monoisotopic (exact) mass is 264 g/mol. The lowest BCUT2D eigenvalue weighted by Crippen LogP contribution is -2.38. The summed E-state index contributed by atoms with van der Waals surface area (Å²) in [6, 6.07) is 6.26. The molecule has 0 bridgehead atoms. The molecule has 4 heteroatoms. The van der Waals surface area contributed by atoms with Gasteiger partial charge < -0.3 is 11.1 Å². The molecule has 1 aromatic carbocycles. The summed E-state index contributed by atoms with van der Waals surface area (Å²) in [5, 5.41) is 2.99. The lowest BCUT2D eigenvalue weighted by molar-refractivity contribution is -0.126. The normalized spacial score (nSPS) is 24.8. The molecule has 2 unspecified atom stereocenters. The SMILES string of the molecule is C[C@@H](NC(=O)C1CCCC(N)C1)c1ccc(F)cc1. The zero-order chi connectivity index (χ0) is 13.8.